The average Bonchev–Trinajstić information content (AvgIpc) is 2.66. The van der Waals surface area contributed by atoms with Gasteiger partial charge in [0.25, 0.3) is 0 Å². The van der Waals surface area contributed by atoms with Crippen molar-refractivity contribution < 1.29 is 17.5 Å². The average molecular weight is 422 g/mol. The van der Waals surface area contributed by atoms with Gasteiger partial charge in [0, 0.05) is 32.2 Å². The summed E-state index contributed by atoms with van der Waals surface area (Å²) in [7, 11) is -3.72. The Labute approximate surface area is 167 Å². The Hall–Kier alpha value is -0.770. The summed E-state index contributed by atoms with van der Waals surface area (Å²) >= 11 is 0. The van der Waals surface area contributed by atoms with E-state index in [1.807, 2.05) is 0 Å². The topological polar surface area (TPSA) is 61.9 Å². The zero-order chi connectivity index (χ0) is 18.4. The molecular formula is C18H29ClFN3O3S. The number of nitrogens with zero attached hydrogens (tertiary/aromatic N) is 2. The smallest absolute Gasteiger partial charge is 0.243 e. The molecule has 0 radical (unpaired) electrons. The standard InChI is InChI=1S/C18H28FN3O3S.ClH/c19-16-4-1-6-18(14-16)26(23,24)22(17-5-2-7-20-15-17)9-3-8-21-10-12-25-13-11-21;/h1,4,6,14,17,20H,2-3,5,7-13,15H2;1H. The first-order chi connectivity index (χ1) is 12.6. The Kier molecular flexibility index (Phi) is 8.91. The van der Waals surface area contributed by atoms with E-state index < -0.39 is 15.8 Å². The van der Waals surface area contributed by atoms with E-state index >= 15 is 0 Å². The Morgan fingerprint density at radius 2 is 2.07 bits per heavy atom. The van der Waals surface area contributed by atoms with Crippen LogP contribution in [-0.4, -0.2) is 76.1 Å². The number of nitrogens with one attached hydrogen (secondary N) is 1. The van der Waals surface area contributed by atoms with Crippen molar-refractivity contribution in [2.75, 3.05) is 52.5 Å². The molecule has 154 valence electrons. The summed E-state index contributed by atoms with van der Waals surface area (Å²) in [5, 5.41) is 3.28. The highest BCUT2D eigenvalue weighted by atomic mass is 35.5. The summed E-state index contributed by atoms with van der Waals surface area (Å²) in [6.07, 6.45) is 2.54. The number of halogens is 2. The molecule has 1 N–H and O–H groups in total. The number of hydrogen-bond acceptors (Lipinski definition) is 5. The molecule has 27 heavy (non-hydrogen) atoms. The number of benzene rings is 1. The highest BCUT2D eigenvalue weighted by Gasteiger charge is 2.32. The number of piperidine rings is 1. The summed E-state index contributed by atoms with van der Waals surface area (Å²) < 4.78 is 46.8. The van der Waals surface area contributed by atoms with Crippen LogP contribution < -0.4 is 5.32 Å². The van der Waals surface area contributed by atoms with Gasteiger partial charge in [-0.05, 0) is 50.6 Å². The van der Waals surface area contributed by atoms with E-state index in [1.165, 1.54) is 18.2 Å². The number of morpholine rings is 1. The SMILES string of the molecule is Cl.O=S(=O)(c1cccc(F)c1)N(CCCN1CCOCC1)C1CCCNC1. The number of rotatable bonds is 7. The molecule has 2 fully saturated rings. The highest BCUT2D eigenvalue weighted by Crippen LogP contribution is 2.22. The fourth-order valence-electron chi connectivity index (χ4n) is 3.62. The van der Waals surface area contributed by atoms with E-state index in [2.05, 4.69) is 10.2 Å². The molecule has 1 aromatic rings. The summed E-state index contributed by atoms with van der Waals surface area (Å²) in [5.41, 5.74) is 0. The van der Waals surface area contributed by atoms with Crippen LogP contribution in [0.1, 0.15) is 19.3 Å². The van der Waals surface area contributed by atoms with Crippen LogP contribution in [0.15, 0.2) is 29.2 Å². The number of sulfonamides is 1. The molecule has 1 aromatic carbocycles. The molecule has 0 amide bonds. The first-order valence-electron chi connectivity index (χ1n) is 9.35. The molecule has 1 atom stereocenters. The van der Waals surface area contributed by atoms with E-state index in [-0.39, 0.29) is 23.3 Å². The summed E-state index contributed by atoms with van der Waals surface area (Å²) in [5.74, 6) is -0.527. The van der Waals surface area contributed by atoms with Crippen LogP contribution in [0.4, 0.5) is 4.39 Å². The van der Waals surface area contributed by atoms with E-state index in [0.717, 1.165) is 64.7 Å². The van der Waals surface area contributed by atoms with Gasteiger partial charge in [0.05, 0.1) is 18.1 Å². The minimum atomic E-state index is -3.72. The second kappa shape index (κ2) is 10.7. The zero-order valence-electron chi connectivity index (χ0n) is 15.5. The van der Waals surface area contributed by atoms with E-state index in [0.29, 0.717) is 13.1 Å². The van der Waals surface area contributed by atoms with Gasteiger partial charge in [-0.2, -0.15) is 4.31 Å². The molecule has 0 saturated carbocycles. The third-order valence-electron chi connectivity index (χ3n) is 5.04. The van der Waals surface area contributed by atoms with Gasteiger partial charge in [-0.1, -0.05) is 6.07 Å². The monoisotopic (exact) mass is 421 g/mol. The minimum absolute atomic E-state index is 0. The maximum absolute atomic E-state index is 13.6. The lowest BCUT2D eigenvalue weighted by Crippen LogP contribution is -2.49. The fraction of sp³-hybridized carbons (Fsp3) is 0.667. The maximum Gasteiger partial charge on any atom is 0.243 e. The lowest BCUT2D eigenvalue weighted by Gasteiger charge is -2.34. The minimum Gasteiger partial charge on any atom is -0.379 e. The summed E-state index contributed by atoms with van der Waals surface area (Å²) in [6, 6.07) is 5.23. The van der Waals surface area contributed by atoms with Crippen LogP contribution in [-0.2, 0) is 14.8 Å². The molecule has 2 aliphatic heterocycles. The predicted octanol–water partition coefficient (Wildman–Crippen LogP) is 1.71. The van der Waals surface area contributed by atoms with Gasteiger partial charge in [0.1, 0.15) is 5.82 Å². The van der Waals surface area contributed by atoms with Crippen molar-refractivity contribution in [3.05, 3.63) is 30.1 Å². The molecule has 0 aromatic heterocycles. The Morgan fingerprint density at radius 1 is 1.30 bits per heavy atom. The normalized spacial score (nSPS) is 21.8. The number of ether oxygens (including phenoxy) is 1. The van der Waals surface area contributed by atoms with Gasteiger partial charge in [-0.25, -0.2) is 12.8 Å². The van der Waals surface area contributed by atoms with Crippen LogP contribution in [0.25, 0.3) is 0 Å². The first kappa shape index (κ1) is 22.5. The van der Waals surface area contributed by atoms with E-state index in [4.69, 9.17) is 4.74 Å². The molecule has 1 unspecified atom stereocenters. The Balaban J connectivity index is 0.00000261. The Morgan fingerprint density at radius 3 is 2.74 bits per heavy atom. The highest BCUT2D eigenvalue weighted by molar-refractivity contribution is 7.89. The van der Waals surface area contributed by atoms with Crippen molar-refractivity contribution in [1.82, 2.24) is 14.5 Å². The summed E-state index contributed by atoms with van der Waals surface area (Å²) in [6.45, 7) is 6.10. The quantitative estimate of drug-likeness (QED) is 0.726. The van der Waals surface area contributed by atoms with Crippen molar-refractivity contribution in [1.29, 1.82) is 0 Å². The van der Waals surface area contributed by atoms with Crippen LogP contribution in [0.5, 0.6) is 0 Å². The fourth-order valence-corrected chi connectivity index (χ4v) is 5.34. The molecule has 2 aliphatic rings. The van der Waals surface area contributed by atoms with Crippen molar-refractivity contribution in [3.8, 4) is 0 Å². The lowest BCUT2D eigenvalue weighted by molar-refractivity contribution is 0.0365. The van der Waals surface area contributed by atoms with Crippen molar-refractivity contribution in [2.24, 2.45) is 0 Å². The first-order valence-corrected chi connectivity index (χ1v) is 10.8. The van der Waals surface area contributed by atoms with Crippen molar-refractivity contribution in [2.45, 2.75) is 30.2 Å². The zero-order valence-corrected chi connectivity index (χ0v) is 17.1. The molecule has 9 heteroatoms. The van der Waals surface area contributed by atoms with Gasteiger partial charge < -0.3 is 10.1 Å². The molecule has 2 heterocycles. The third-order valence-corrected chi connectivity index (χ3v) is 6.99. The molecule has 0 aliphatic carbocycles. The lowest BCUT2D eigenvalue weighted by atomic mass is 10.1. The molecule has 0 bridgehead atoms. The third kappa shape index (κ3) is 6.10. The van der Waals surface area contributed by atoms with E-state index in [9.17, 15) is 12.8 Å². The molecule has 3 rings (SSSR count). The maximum atomic E-state index is 13.6. The largest absolute Gasteiger partial charge is 0.379 e. The molecule has 6 nitrogen and oxygen atoms in total. The van der Waals surface area contributed by atoms with Crippen LogP contribution in [0, 0.1) is 5.82 Å². The molecule has 2 saturated heterocycles. The number of hydrogen-bond donors (Lipinski definition) is 1. The van der Waals surface area contributed by atoms with Crippen LogP contribution >= 0.6 is 12.4 Å². The van der Waals surface area contributed by atoms with Crippen LogP contribution in [0.2, 0.25) is 0 Å². The van der Waals surface area contributed by atoms with E-state index in [1.54, 1.807) is 4.31 Å². The van der Waals surface area contributed by atoms with Gasteiger partial charge in [-0.3, -0.25) is 4.90 Å². The second-order valence-corrected chi connectivity index (χ2v) is 8.77. The molecular weight excluding hydrogens is 393 g/mol. The van der Waals surface area contributed by atoms with Gasteiger partial charge >= 0.3 is 0 Å². The van der Waals surface area contributed by atoms with Gasteiger partial charge in [0.2, 0.25) is 10.0 Å². The Bertz CT molecular complexity index is 680. The van der Waals surface area contributed by atoms with Crippen molar-refractivity contribution >= 4 is 22.4 Å². The van der Waals surface area contributed by atoms with Gasteiger partial charge in [0.15, 0.2) is 0 Å². The van der Waals surface area contributed by atoms with Crippen molar-refractivity contribution in [3.63, 3.8) is 0 Å². The van der Waals surface area contributed by atoms with Crippen LogP contribution in [0.3, 0.4) is 0 Å². The van der Waals surface area contributed by atoms with Gasteiger partial charge in [-0.15, -0.1) is 12.4 Å². The predicted molar refractivity (Wildman–Crippen MR) is 105 cm³/mol. The second-order valence-electron chi connectivity index (χ2n) is 6.88. The molecule has 0 spiro atoms. The summed E-state index contributed by atoms with van der Waals surface area (Å²) in [4.78, 5) is 2.34.